The summed E-state index contributed by atoms with van der Waals surface area (Å²) in [5, 5.41) is 3.53. The Balaban J connectivity index is 2.67. The smallest absolute Gasteiger partial charge is 0.241 e. The second-order valence-electron chi connectivity index (χ2n) is 5.78. The third-order valence-corrected chi connectivity index (χ3v) is 4.72. The van der Waals surface area contributed by atoms with Crippen molar-refractivity contribution >= 4 is 17.7 Å². The number of hydrogen-bond donors (Lipinski definition) is 1. The molecule has 0 aromatic heterocycles. The lowest BCUT2D eigenvalue weighted by Gasteiger charge is -2.32. The molecule has 4 heteroatoms. The van der Waals surface area contributed by atoms with Crippen molar-refractivity contribution in [2.24, 2.45) is 5.92 Å². The quantitative estimate of drug-likeness (QED) is 0.696. The van der Waals surface area contributed by atoms with E-state index in [4.69, 9.17) is 0 Å². The maximum atomic E-state index is 12.5. The zero-order valence-electron chi connectivity index (χ0n) is 13.1. The fraction of sp³-hybridized carbons (Fsp3) is 0.933. The van der Waals surface area contributed by atoms with E-state index in [1.807, 2.05) is 11.8 Å². The fourth-order valence-electron chi connectivity index (χ4n) is 2.71. The van der Waals surface area contributed by atoms with Crippen LogP contribution in [0.15, 0.2) is 0 Å². The van der Waals surface area contributed by atoms with Crippen LogP contribution in [-0.2, 0) is 4.79 Å². The monoisotopic (exact) mass is 286 g/mol. The summed E-state index contributed by atoms with van der Waals surface area (Å²) in [6.07, 6.45) is 3.32. The predicted octanol–water partition coefficient (Wildman–Crippen LogP) is 3.10. The number of rotatable bonds is 8. The van der Waals surface area contributed by atoms with Gasteiger partial charge in [0.2, 0.25) is 5.91 Å². The van der Waals surface area contributed by atoms with E-state index >= 15 is 0 Å². The predicted molar refractivity (Wildman–Crippen MR) is 84.4 cm³/mol. The Morgan fingerprint density at radius 2 is 2.00 bits per heavy atom. The van der Waals surface area contributed by atoms with Crippen LogP contribution in [-0.4, -0.2) is 40.6 Å². The van der Waals surface area contributed by atoms with Gasteiger partial charge in [-0.25, -0.2) is 0 Å². The zero-order valence-corrected chi connectivity index (χ0v) is 13.9. The Bertz CT molecular complexity index is 283. The van der Waals surface area contributed by atoms with Gasteiger partial charge in [0, 0.05) is 6.04 Å². The molecular formula is C15H30N2OS. The van der Waals surface area contributed by atoms with Crippen molar-refractivity contribution in [3.63, 3.8) is 0 Å². The van der Waals surface area contributed by atoms with Gasteiger partial charge in [-0.05, 0) is 37.2 Å². The molecule has 0 aromatic carbocycles. The minimum Gasteiger partial charge on any atom is -0.323 e. The summed E-state index contributed by atoms with van der Waals surface area (Å²) >= 11 is 1.96. The number of amides is 1. The summed E-state index contributed by atoms with van der Waals surface area (Å²) in [4.78, 5) is 14.7. The number of carbonyl (C=O) groups excluding carboxylic acids is 1. The first kappa shape index (κ1) is 16.8. The van der Waals surface area contributed by atoms with Gasteiger partial charge >= 0.3 is 0 Å². The SMILES string of the molecule is CCCC1NC(C(C)C)N(C(C)CCSCC)C1=O. The number of nitrogens with zero attached hydrogens (tertiary/aromatic N) is 1. The van der Waals surface area contributed by atoms with Gasteiger partial charge in [0.15, 0.2) is 0 Å². The van der Waals surface area contributed by atoms with Gasteiger partial charge in [-0.3, -0.25) is 10.1 Å². The Kier molecular flexibility index (Phi) is 7.22. The summed E-state index contributed by atoms with van der Waals surface area (Å²) in [5.74, 6) is 3.08. The van der Waals surface area contributed by atoms with Crippen molar-refractivity contribution in [3.8, 4) is 0 Å². The molecule has 1 aliphatic rings. The zero-order chi connectivity index (χ0) is 14.4. The molecule has 1 rings (SSSR count). The van der Waals surface area contributed by atoms with Crippen LogP contribution in [0.25, 0.3) is 0 Å². The van der Waals surface area contributed by atoms with Crippen LogP contribution in [0.1, 0.15) is 53.9 Å². The molecule has 1 saturated heterocycles. The van der Waals surface area contributed by atoms with E-state index in [2.05, 4.69) is 44.8 Å². The van der Waals surface area contributed by atoms with E-state index in [1.165, 1.54) is 0 Å². The molecule has 1 fully saturated rings. The molecule has 0 spiro atoms. The highest BCUT2D eigenvalue weighted by molar-refractivity contribution is 7.99. The maximum absolute atomic E-state index is 12.5. The van der Waals surface area contributed by atoms with Gasteiger partial charge in [0.05, 0.1) is 12.2 Å². The van der Waals surface area contributed by atoms with Gasteiger partial charge in [0.1, 0.15) is 0 Å². The molecular weight excluding hydrogens is 256 g/mol. The molecule has 0 aliphatic carbocycles. The summed E-state index contributed by atoms with van der Waals surface area (Å²) in [5.41, 5.74) is 0. The molecule has 1 heterocycles. The molecule has 1 amide bonds. The average Bonchev–Trinajstić information content (AvgIpc) is 2.68. The fourth-order valence-corrected chi connectivity index (χ4v) is 3.51. The molecule has 19 heavy (non-hydrogen) atoms. The average molecular weight is 286 g/mol. The van der Waals surface area contributed by atoms with E-state index in [1.54, 1.807) is 0 Å². The molecule has 3 atom stereocenters. The molecule has 1 N–H and O–H groups in total. The topological polar surface area (TPSA) is 32.3 Å². The minimum absolute atomic E-state index is 0.0404. The maximum Gasteiger partial charge on any atom is 0.241 e. The number of thioether (sulfide) groups is 1. The van der Waals surface area contributed by atoms with E-state index in [9.17, 15) is 4.79 Å². The Hall–Kier alpha value is -0.220. The van der Waals surface area contributed by atoms with Gasteiger partial charge in [-0.1, -0.05) is 34.1 Å². The van der Waals surface area contributed by atoms with Crippen molar-refractivity contribution < 1.29 is 4.79 Å². The molecule has 0 aromatic rings. The molecule has 0 radical (unpaired) electrons. The van der Waals surface area contributed by atoms with Crippen molar-refractivity contribution in [1.82, 2.24) is 10.2 Å². The van der Waals surface area contributed by atoms with Crippen molar-refractivity contribution in [1.29, 1.82) is 0 Å². The van der Waals surface area contributed by atoms with Gasteiger partial charge in [0.25, 0.3) is 0 Å². The van der Waals surface area contributed by atoms with E-state index < -0.39 is 0 Å². The molecule has 1 aliphatic heterocycles. The summed E-state index contributed by atoms with van der Waals surface area (Å²) < 4.78 is 0. The van der Waals surface area contributed by atoms with E-state index in [0.717, 1.165) is 30.8 Å². The lowest BCUT2D eigenvalue weighted by atomic mass is 10.1. The Morgan fingerprint density at radius 1 is 1.32 bits per heavy atom. The number of carbonyl (C=O) groups is 1. The van der Waals surface area contributed by atoms with Gasteiger partial charge in [-0.15, -0.1) is 0 Å². The van der Waals surface area contributed by atoms with Gasteiger partial charge < -0.3 is 4.90 Å². The Labute approximate surface area is 122 Å². The third-order valence-electron chi connectivity index (χ3n) is 3.79. The van der Waals surface area contributed by atoms with Crippen LogP contribution in [0, 0.1) is 5.92 Å². The highest BCUT2D eigenvalue weighted by Gasteiger charge is 2.41. The third kappa shape index (κ3) is 4.38. The first-order valence-corrected chi connectivity index (χ1v) is 8.84. The second-order valence-corrected chi connectivity index (χ2v) is 7.17. The van der Waals surface area contributed by atoms with Crippen molar-refractivity contribution in [2.45, 2.75) is 72.1 Å². The molecule has 0 bridgehead atoms. The summed E-state index contributed by atoms with van der Waals surface area (Å²) in [6.45, 7) is 10.9. The number of nitrogens with one attached hydrogen (secondary N) is 1. The summed E-state index contributed by atoms with van der Waals surface area (Å²) in [6, 6.07) is 0.381. The van der Waals surface area contributed by atoms with Crippen LogP contribution < -0.4 is 5.32 Å². The van der Waals surface area contributed by atoms with E-state index in [0.29, 0.717) is 17.9 Å². The molecule has 112 valence electrons. The van der Waals surface area contributed by atoms with Crippen LogP contribution in [0.5, 0.6) is 0 Å². The van der Waals surface area contributed by atoms with Crippen LogP contribution in [0.3, 0.4) is 0 Å². The first-order chi connectivity index (χ1) is 9.02. The normalized spacial score (nSPS) is 25.4. The molecule has 3 nitrogen and oxygen atoms in total. The Morgan fingerprint density at radius 3 is 2.53 bits per heavy atom. The lowest BCUT2D eigenvalue weighted by Crippen LogP contribution is -2.46. The first-order valence-electron chi connectivity index (χ1n) is 7.68. The van der Waals surface area contributed by atoms with Crippen LogP contribution in [0.4, 0.5) is 0 Å². The second kappa shape index (κ2) is 8.15. The van der Waals surface area contributed by atoms with Crippen LogP contribution in [0.2, 0.25) is 0 Å². The molecule has 3 unspecified atom stereocenters. The standard InChI is InChI=1S/C15H30N2OS/c1-6-8-13-15(18)17(14(16-13)11(3)4)12(5)9-10-19-7-2/h11-14,16H,6-10H2,1-5H3. The highest BCUT2D eigenvalue weighted by atomic mass is 32.2. The molecule has 0 saturated carbocycles. The lowest BCUT2D eigenvalue weighted by molar-refractivity contribution is -0.132. The van der Waals surface area contributed by atoms with Crippen molar-refractivity contribution in [3.05, 3.63) is 0 Å². The largest absolute Gasteiger partial charge is 0.323 e. The number of hydrogen-bond acceptors (Lipinski definition) is 3. The van der Waals surface area contributed by atoms with Crippen molar-refractivity contribution in [2.75, 3.05) is 11.5 Å². The minimum atomic E-state index is 0.0404. The van der Waals surface area contributed by atoms with Gasteiger partial charge in [-0.2, -0.15) is 11.8 Å². The summed E-state index contributed by atoms with van der Waals surface area (Å²) in [7, 11) is 0. The van der Waals surface area contributed by atoms with Crippen LogP contribution >= 0.6 is 11.8 Å². The van der Waals surface area contributed by atoms with E-state index in [-0.39, 0.29) is 12.2 Å². The highest BCUT2D eigenvalue weighted by Crippen LogP contribution is 2.24.